The lowest BCUT2D eigenvalue weighted by atomic mass is 10.1. The van der Waals surface area contributed by atoms with Gasteiger partial charge in [0.15, 0.2) is 0 Å². The molecule has 0 saturated heterocycles. The van der Waals surface area contributed by atoms with Crippen molar-refractivity contribution in [2.45, 2.75) is 20.3 Å². The summed E-state index contributed by atoms with van der Waals surface area (Å²) in [5, 5.41) is 2.89. The summed E-state index contributed by atoms with van der Waals surface area (Å²) in [6.45, 7) is 4.53. The highest BCUT2D eigenvalue weighted by Crippen LogP contribution is 2.23. The fourth-order valence-corrected chi connectivity index (χ4v) is 1.94. The Balaban J connectivity index is 2.02. The normalized spacial score (nSPS) is 10.1. The van der Waals surface area contributed by atoms with Crippen LogP contribution >= 0.6 is 0 Å². The number of hydrogen-bond acceptors (Lipinski definition) is 2. The van der Waals surface area contributed by atoms with Crippen molar-refractivity contribution in [3.8, 4) is 5.75 Å². The van der Waals surface area contributed by atoms with Gasteiger partial charge < -0.3 is 10.1 Å². The Morgan fingerprint density at radius 1 is 1.10 bits per heavy atom. The molecule has 0 bridgehead atoms. The summed E-state index contributed by atoms with van der Waals surface area (Å²) in [7, 11) is 0. The van der Waals surface area contributed by atoms with Gasteiger partial charge in [-0.05, 0) is 31.5 Å². The van der Waals surface area contributed by atoms with E-state index < -0.39 is 0 Å². The van der Waals surface area contributed by atoms with Gasteiger partial charge in [-0.2, -0.15) is 0 Å². The number of nitrogens with one attached hydrogen (secondary N) is 1. The van der Waals surface area contributed by atoms with Crippen LogP contribution in [0.15, 0.2) is 48.5 Å². The number of carbonyl (C=O) groups excluding carboxylic acids is 1. The van der Waals surface area contributed by atoms with E-state index in [0.29, 0.717) is 24.5 Å². The van der Waals surface area contributed by atoms with E-state index in [1.807, 2.05) is 62.4 Å². The Hall–Kier alpha value is -2.29. The van der Waals surface area contributed by atoms with E-state index in [9.17, 15) is 4.79 Å². The molecule has 3 nitrogen and oxygen atoms in total. The fraction of sp³-hybridized carbons (Fsp3) is 0.235. The summed E-state index contributed by atoms with van der Waals surface area (Å²) in [6.07, 6.45) is 0.362. The van der Waals surface area contributed by atoms with E-state index in [0.717, 1.165) is 5.56 Å². The summed E-state index contributed by atoms with van der Waals surface area (Å²) >= 11 is 0. The molecule has 1 N–H and O–H groups in total. The molecule has 0 aliphatic carbocycles. The molecule has 20 heavy (non-hydrogen) atoms. The van der Waals surface area contributed by atoms with Gasteiger partial charge in [0, 0.05) is 0 Å². The summed E-state index contributed by atoms with van der Waals surface area (Å²) in [5.41, 5.74) is 2.91. The monoisotopic (exact) mass is 269 g/mol. The maximum atomic E-state index is 12.1. The lowest BCUT2D eigenvalue weighted by Crippen LogP contribution is -2.15. The van der Waals surface area contributed by atoms with E-state index in [2.05, 4.69) is 5.32 Å². The highest BCUT2D eigenvalue weighted by molar-refractivity contribution is 5.93. The molecule has 1 amide bonds. The van der Waals surface area contributed by atoms with Crippen molar-refractivity contribution in [3.63, 3.8) is 0 Å². The topological polar surface area (TPSA) is 38.3 Å². The molecule has 0 aliphatic heterocycles. The van der Waals surface area contributed by atoms with Crippen molar-refractivity contribution in [3.05, 3.63) is 59.7 Å². The van der Waals surface area contributed by atoms with Crippen LogP contribution < -0.4 is 10.1 Å². The summed E-state index contributed by atoms with van der Waals surface area (Å²) in [5.74, 6) is 0.660. The van der Waals surface area contributed by atoms with Crippen LogP contribution in [-0.2, 0) is 11.2 Å². The molecule has 0 radical (unpaired) electrons. The molecule has 0 atom stereocenters. The molecule has 2 rings (SSSR count). The third kappa shape index (κ3) is 3.85. The zero-order chi connectivity index (χ0) is 14.4. The molecule has 2 aromatic carbocycles. The van der Waals surface area contributed by atoms with Crippen LogP contribution in [0.4, 0.5) is 5.69 Å². The third-order valence-electron chi connectivity index (χ3n) is 2.95. The average Bonchev–Trinajstić information content (AvgIpc) is 2.44. The number of benzene rings is 2. The molecule has 0 spiro atoms. The molecule has 2 aromatic rings. The van der Waals surface area contributed by atoms with E-state index >= 15 is 0 Å². The lowest BCUT2D eigenvalue weighted by molar-refractivity contribution is -0.115. The molecule has 3 heteroatoms. The zero-order valence-corrected chi connectivity index (χ0v) is 11.8. The highest BCUT2D eigenvalue weighted by atomic mass is 16.5. The van der Waals surface area contributed by atoms with Crippen molar-refractivity contribution in [2.24, 2.45) is 0 Å². The third-order valence-corrected chi connectivity index (χ3v) is 2.95. The largest absolute Gasteiger partial charge is 0.492 e. The van der Waals surface area contributed by atoms with Crippen molar-refractivity contribution >= 4 is 11.6 Å². The predicted octanol–water partition coefficient (Wildman–Crippen LogP) is 3.57. The van der Waals surface area contributed by atoms with Gasteiger partial charge in [-0.25, -0.2) is 0 Å². The molecular weight excluding hydrogens is 250 g/mol. The van der Waals surface area contributed by atoms with Gasteiger partial charge in [0.2, 0.25) is 5.91 Å². The van der Waals surface area contributed by atoms with Crippen LogP contribution in [0.1, 0.15) is 18.1 Å². The summed E-state index contributed by atoms with van der Waals surface area (Å²) < 4.78 is 5.49. The van der Waals surface area contributed by atoms with Gasteiger partial charge in [0.1, 0.15) is 5.75 Å². The van der Waals surface area contributed by atoms with Gasteiger partial charge in [-0.15, -0.1) is 0 Å². The minimum absolute atomic E-state index is 0.0407. The average molecular weight is 269 g/mol. The van der Waals surface area contributed by atoms with Crippen LogP contribution in [0, 0.1) is 6.92 Å². The van der Waals surface area contributed by atoms with Crippen molar-refractivity contribution in [2.75, 3.05) is 11.9 Å². The SMILES string of the molecule is CCOc1ccccc1NC(=O)Cc1ccc(C)cc1. The summed E-state index contributed by atoms with van der Waals surface area (Å²) in [4.78, 5) is 12.1. The first-order chi connectivity index (χ1) is 9.69. The molecule has 0 unspecified atom stereocenters. The van der Waals surface area contributed by atoms with Gasteiger partial charge in [0.05, 0.1) is 18.7 Å². The van der Waals surface area contributed by atoms with Crippen LogP contribution in [0.3, 0.4) is 0 Å². The van der Waals surface area contributed by atoms with Crippen LogP contribution in [0.2, 0.25) is 0 Å². The van der Waals surface area contributed by atoms with Crippen molar-refractivity contribution in [1.29, 1.82) is 0 Å². The number of aryl methyl sites for hydroxylation is 1. The lowest BCUT2D eigenvalue weighted by Gasteiger charge is -2.11. The van der Waals surface area contributed by atoms with E-state index in [1.165, 1.54) is 5.56 Å². The number of para-hydroxylation sites is 2. The van der Waals surface area contributed by atoms with Crippen molar-refractivity contribution in [1.82, 2.24) is 0 Å². The fourth-order valence-electron chi connectivity index (χ4n) is 1.94. The molecule has 0 fully saturated rings. The molecule has 104 valence electrons. The minimum Gasteiger partial charge on any atom is -0.492 e. The van der Waals surface area contributed by atoms with Gasteiger partial charge in [-0.1, -0.05) is 42.0 Å². The second kappa shape index (κ2) is 6.75. The molecule has 0 heterocycles. The van der Waals surface area contributed by atoms with E-state index in [-0.39, 0.29) is 5.91 Å². The van der Waals surface area contributed by atoms with Crippen LogP contribution in [-0.4, -0.2) is 12.5 Å². The standard InChI is InChI=1S/C17H19NO2/c1-3-20-16-7-5-4-6-15(16)18-17(19)12-14-10-8-13(2)9-11-14/h4-11H,3,12H2,1-2H3,(H,18,19). The number of ether oxygens (including phenoxy) is 1. The molecule has 0 aromatic heterocycles. The highest BCUT2D eigenvalue weighted by Gasteiger charge is 2.07. The number of carbonyl (C=O) groups is 1. The maximum Gasteiger partial charge on any atom is 0.228 e. The van der Waals surface area contributed by atoms with Gasteiger partial charge in [0.25, 0.3) is 0 Å². The van der Waals surface area contributed by atoms with E-state index in [4.69, 9.17) is 4.74 Å². The maximum absolute atomic E-state index is 12.1. The molecule has 0 aliphatic rings. The molecule has 0 saturated carbocycles. The zero-order valence-electron chi connectivity index (χ0n) is 11.8. The molecular formula is C17H19NO2. The first-order valence-electron chi connectivity index (χ1n) is 6.76. The summed E-state index contributed by atoms with van der Waals surface area (Å²) in [6, 6.07) is 15.4. The van der Waals surface area contributed by atoms with E-state index in [1.54, 1.807) is 0 Å². The second-order valence-corrected chi connectivity index (χ2v) is 4.64. The Morgan fingerprint density at radius 3 is 2.50 bits per heavy atom. The number of rotatable bonds is 5. The predicted molar refractivity (Wildman–Crippen MR) is 81.1 cm³/mol. The van der Waals surface area contributed by atoms with Gasteiger partial charge >= 0.3 is 0 Å². The minimum atomic E-state index is -0.0407. The Labute approximate surface area is 119 Å². The van der Waals surface area contributed by atoms with Crippen LogP contribution in [0.25, 0.3) is 0 Å². The second-order valence-electron chi connectivity index (χ2n) is 4.64. The Kier molecular flexibility index (Phi) is 4.77. The first-order valence-corrected chi connectivity index (χ1v) is 6.76. The number of amides is 1. The Bertz CT molecular complexity index is 576. The van der Waals surface area contributed by atoms with Gasteiger partial charge in [-0.3, -0.25) is 4.79 Å². The number of anilines is 1. The Morgan fingerprint density at radius 2 is 1.80 bits per heavy atom. The smallest absolute Gasteiger partial charge is 0.228 e. The van der Waals surface area contributed by atoms with Crippen molar-refractivity contribution < 1.29 is 9.53 Å². The number of hydrogen-bond donors (Lipinski definition) is 1. The quantitative estimate of drug-likeness (QED) is 0.901. The first kappa shape index (κ1) is 14.1. The van der Waals surface area contributed by atoms with Crippen LogP contribution in [0.5, 0.6) is 5.75 Å².